The van der Waals surface area contributed by atoms with E-state index < -0.39 is 5.82 Å². The summed E-state index contributed by atoms with van der Waals surface area (Å²) in [6.07, 6.45) is 0. The number of aryl methyl sites for hydroxylation is 1. The van der Waals surface area contributed by atoms with Crippen molar-refractivity contribution >= 4 is 65.7 Å². The Kier molecular flexibility index (Phi) is 3.83. The predicted octanol–water partition coefficient (Wildman–Crippen LogP) is 5.98. The minimum atomic E-state index is -0.410. The highest BCUT2D eigenvalue weighted by atomic mass is 79.9. The molecule has 0 aliphatic rings. The second-order valence-corrected chi connectivity index (χ2v) is 8.27. The number of aromatic nitrogens is 2. The topological polar surface area (TPSA) is 25.8 Å². The maximum atomic E-state index is 13.9. The van der Waals surface area contributed by atoms with E-state index in [2.05, 4.69) is 41.8 Å². The van der Waals surface area contributed by atoms with Gasteiger partial charge in [-0.15, -0.1) is 11.3 Å². The summed E-state index contributed by atoms with van der Waals surface area (Å²) < 4.78 is 15.7. The summed E-state index contributed by atoms with van der Waals surface area (Å²) in [6, 6.07) is 4.97. The van der Waals surface area contributed by atoms with Crippen LogP contribution in [0.15, 0.2) is 25.8 Å². The minimum Gasteiger partial charge on any atom is -0.227 e. The fourth-order valence-electron chi connectivity index (χ4n) is 1.90. The van der Waals surface area contributed by atoms with Crippen molar-refractivity contribution in [2.24, 2.45) is 0 Å². The number of hydrogen-bond acceptors (Lipinski definition) is 3. The van der Waals surface area contributed by atoms with E-state index in [0.29, 0.717) is 11.3 Å². The van der Waals surface area contributed by atoms with Gasteiger partial charge in [0.05, 0.1) is 18.5 Å². The third-order valence-corrected chi connectivity index (χ3v) is 5.47. The maximum Gasteiger partial charge on any atom is 0.163 e. The second-order valence-electron chi connectivity index (χ2n) is 4.16. The van der Waals surface area contributed by atoms with Gasteiger partial charge in [-0.05, 0) is 56.5 Å². The van der Waals surface area contributed by atoms with E-state index in [0.717, 1.165) is 18.7 Å². The van der Waals surface area contributed by atoms with Crippen molar-refractivity contribution in [2.75, 3.05) is 0 Å². The summed E-state index contributed by atoms with van der Waals surface area (Å²) >= 11 is 14.5. The Morgan fingerprint density at radius 1 is 1.25 bits per heavy atom. The average molecular weight is 437 g/mol. The van der Waals surface area contributed by atoms with Crippen LogP contribution in [0.2, 0.25) is 5.15 Å². The van der Waals surface area contributed by atoms with Crippen molar-refractivity contribution in [2.45, 2.75) is 6.92 Å². The van der Waals surface area contributed by atoms with E-state index in [9.17, 15) is 4.39 Å². The lowest BCUT2D eigenvalue weighted by Crippen LogP contribution is -1.95. The number of fused-ring (bicyclic) bond motifs is 1. The van der Waals surface area contributed by atoms with Crippen LogP contribution in [0, 0.1) is 12.7 Å². The van der Waals surface area contributed by atoms with Gasteiger partial charge in [-0.1, -0.05) is 17.7 Å². The Hall–Kier alpha value is -0.560. The van der Waals surface area contributed by atoms with Crippen LogP contribution in [0.4, 0.5) is 4.39 Å². The molecular formula is C13H6Br2ClFN2S. The van der Waals surface area contributed by atoms with E-state index in [-0.39, 0.29) is 10.5 Å². The monoisotopic (exact) mass is 434 g/mol. The molecule has 0 unspecified atom stereocenters. The lowest BCUT2D eigenvalue weighted by atomic mass is 10.1. The van der Waals surface area contributed by atoms with Gasteiger partial charge in [0.25, 0.3) is 0 Å². The number of benzene rings is 1. The summed E-state index contributed by atoms with van der Waals surface area (Å²) in [4.78, 5) is 8.68. The van der Waals surface area contributed by atoms with Crippen molar-refractivity contribution in [3.8, 4) is 11.4 Å². The standard InChI is InChI=1S/C13H6Br2ClFN2S/c1-5-2-3-7(17)9-10(5)18-13(19-12(9)16)6-4-8(14)20-11(6)15/h2-4H,1H3. The Labute approximate surface area is 140 Å². The number of nitrogens with zero attached hydrogens (tertiary/aromatic N) is 2. The minimum absolute atomic E-state index is 0.125. The largest absolute Gasteiger partial charge is 0.227 e. The van der Waals surface area contributed by atoms with Gasteiger partial charge < -0.3 is 0 Å². The van der Waals surface area contributed by atoms with Crippen molar-refractivity contribution in [1.82, 2.24) is 9.97 Å². The molecular weight excluding hydrogens is 430 g/mol. The lowest BCUT2D eigenvalue weighted by molar-refractivity contribution is 0.639. The van der Waals surface area contributed by atoms with Crippen LogP contribution in [0.3, 0.4) is 0 Å². The van der Waals surface area contributed by atoms with E-state index in [1.807, 2.05) is 13.0 Å². The number of halogens is 4. The van der Waals surface area contributed by atoms with Gasteiger partial charge in [-0.3, -0.25) is 0 Å². The molecule has 2 aromatic heterocycles. The molecule has 0 saturated heterocycles. The molecule has 20 heavy (non-hydrogen) atoms. The summed E-state index contributed by atoms with van der Waals surface area (Å²) in [6.45, 7) is 1.87. The fraction of sp³-hybridized carbons (Fsp3) is 0.0769. The van der Waals surface area contributed by atoms with E-state index in [1.54, 1.807) is 6.07 Å². The third kappa shape index (κ3) is 2.39. The first-order chi connectivity index (χ1) is 9.47. The molecule has 0 amide bonds. The highest BCUT2D eigenvalue weighted by molar-refractivity contribution is 9.12. The summed E-state index contributed by atoms with van der Waals surface area (Å²) in [5.74, 6) is 0.0674. The van der Waals surface area contributed by atoms with Crippen molar-refractivity contribution < 1.29 is 4.39 Å². The number of thiophene rings is 1. The van der Waals surface area contributed by atoms with Gasteiger partial charge in [-0.2, -0.15) is 0 Å². The zero-order chi connectivity index (χ0) is 14.4. The molecule has 3 rings (SSSR count). The highest BCUT2D eigenvalue weighted by Crippen LogP contribution is 2.38. The van der Waals surface area contributed by atoms with Crippen molar-refractivity contribution in [1.29, 1.82) is 0 Å². The molecule has 2 nitrogen and oxygen atoms in total. The molecule has 0 aliphatic carbocycles. The van der Waals surface area contributed by atoms with Gasteiger partial charge in [0.15, 0.2) is 5.82 Å². The molecule has 0 spiro atoms. The molecule has 7 heteroatoms. The Morgan fingerprint density at radius 2 is 2.00 bits per heavy atom. The smallest absolute Gasteiger partial charge is 0.163 e. The average Bonchev–Trinajstić information content (AvgIpc) is 2.72. The van der Waals surface area contributed by atoms with E-state index in [4.69, 9.17) is 11.6 Å². The first kappa shape index (κ1) is 14.4. The first-order valence-electron chi connectivity index (χ1n) is 5.55. The van der Waals surface area contributed by atoms with Crippen LogP contribution in [0.1, 0.15) is 5.56 Å². The van der Waals surface area contributed by atoms with E-state index >= 15 is 0 Å². The maximum absolute atomic E-state index is 13.9. The number of hydrogen-bond donors (Lipinski definition) is 0. The Balaban J connectivity index is 2.35. The quantitative estimate of drug-likeness (QED) is 0.438. The highest BCUT2D eigenvalue weighted by Gasteiger charge is 2.16. The molecule has 0 radical (unpaired) electrons. The SMILES string of the molecule is Cc1ccc(F)c2c(Cl)nc(-c3cc(Br)sc3Br)nc12. The molecule has 0 bridgehead atoms. The molecule has 0 saturated carbocycles. The van der Waals surface area contributed by atoms with Gasteiger partial charge >= 0.3 is 0 Å². The van der Waals surface area contributed by atoms with Gasteiger partial charge in [0.1, 0.15) is 11.0 Å². The Morgan fingerprint density at radius 3 is 2.65 bits per heavy atom. The molecule has 0 aliphatic heterocycles. The zero-order valence-electron chi connectivity index (χ0n) is 10.0. The third-order valence-electron chi connectivity index (χ3n) is 2.85. The molecule has 0 N–H and O–H groups in total. The van der Waals surface area contributed by atoms with Crippen molar-refractivity contribution in [3.63, 3.8) is 0 Å². The fourth-order valence-corrected chi connectivity index (χ4v) is 4.95. The van der Waals surface area contributed by atoms with Gasteiger partial charge in [-0.25, -0.2) is 14.4 Å². The van der Waals surface area contributed by atoms with Crippen LogP contribution >= 0.6 is 54.8 Å². The van der Waals surface area contributed by atoms with Crippen molar-refractivity contribution in [3.05, 3.63) is 42.3 Å². The lowest BCUT2D eigenvalue weighted by Gasteiger charge is -2.07. The van der Waals surface area contributed by atoms with Crippen LogP contribution in [-0.4, -0.2) is 9.97 Å². The van der Waals surface area contributed by atoms with Gasteiger partial charge in [0, 0.05) is 5.56 Å². The first-order valence-corrected chi connectivity index (χ1v) is 8.33. The van der Waals surface area contributed by atoms with Crippen LogP contribution in [0.5, 0.6) is 0 Å². The molecule has 0 fully saturated rings. The molecule has 102 valence electrons. The molecule has 0 atom stereocenters. The van der Waals surface area contributed by atoms with Crippen LogP contribution < -0.4 is 0 Å². The molecule has 2 heterocycles. The number of rotatable bonds is 1. The Bertz CT molecular complexity index is 835. The summed E-state index contributed by atoms with van der Waals surface area (Å²) in [5.41, 5.74) is 2.22. The molecule has 1 aromatic carbocycles. The predicted molar refractivity (Wildman–Crippen MR) is 88.0 cm³/mol. The van der Waals surface area contributed by atoms with Gasteiger partial charge in [0.2, 0.25) is 0 Å². The zero-order valence-corrected chi connectivity index (χ0v) is 14.8. The van der Waals surface area contributed by atoms with Crippen LogP contribution in [-0.2, 0) is 0 Å². The summed E-state index contributed by atoms with van der Waals surface area (Å²) in [7, 11) is 0. The summed E-state index contributed by atoms with van der Waals surface area (Å²) in [5, 5.41) is 0.390. The molecule has 3 aromatic rings. The van der Waals surface area contributed by atoms with Crippen LogP contribution in [0.25, 0.3) is 22.3 Å². The normalized spacial score (nSPS) is 11.2. The second kappa shape index (κ2) is 5.33. The van der Waals surface area contributed by atoms with E-state index in [1.165, 1.54) is 17.4 Å².